The number of rotatable bonds is 2. The first-order chi connectivity index (χ1) is 5.26. The molecule has 11 heavy (non-hydrogen) atoms. The van der Waals surface area contributed by atoms with Crippen LogP contribution in [0.2, 0.25) is 0 Å². The van der Waals surface area contributed by atoms with Crippen LogP contribution < -0.4 is 16.0 Å². The fourth-order valence-corrected chi connectivity index (χ4v) is 0.949. The van der Waals surface area contributed by atoms with E-state index in [0.29, 0.717) is 0 Å². The predicted molar refractivity (Wildman–Crippen MR) is 45.5 cm³/mol. The number of nitrogen functional groups attached to an aromatic ring is 1. The van der Waals surface area contributed by atoms with E-state index in [1.165, 1.54) is 0 Å². The first-order valence-electron chi connectivity index (χ1n) is 3.38. The topological polar surface area (TPSA) is 47.3 Å². The van der Waals surface area contributed by atoms with E-state index in [1.807, 2.05) is 25.1 Å². The molecule has 0 saturated carbocycles. The number of methoxy groups -OCH3 is 1. The molecule has 0 heterocycles. The highest BCUT2D eigenvalue weighted by molar-refractivity contribution is 5.49. The van der Waals surface area contributed by atoms with Crippen LogP contribution in [0.4, 0.5) is 5.69 Å². The highest BCUT2D eigenvalue weighted by Crippen LogP contribution is 2.18. The van der Waals surface area contributed by atoms with Gasteiger partial charge in [-0.25, -0.2) is 0 Å². The molecule has 0 spiro atoms. The van der Waals surface area contributed by atoms with Gasteiger partial charge in [0.1, 0.15) is 5.75 Å². The molecule has 0 saturated heterocycles. The van der Waals surface area contributed by atoms with Gasteiger partial charge >= 0.3 is 0 Å². The molecule has 0 amide bonds. The molecular formula is C8H12N2O. The van der Waals surface area contributed by atoms with Gasteiger partial charge < -0.3 is 10.2 Å². The Hall–Kier alpha value is -1.22. The molecule has 0 unspecified atom stereocenters. The third-order valence-corrected chi connectivity index (χ3v) is 1.45. The third kappa shape index (κ3) is 1.85. The van der Waals surface area contributed by atoms with Gasteiger partial charge in [0.15, 0.2) is 0 Å². The number of anilines is 1. The fourth-order valence-electron chi connectivity index (χ4n) is 0.949. The highest BCUT2D eigenvalue weighted by atomic mass is 16.5. The van der Waals surface area contributed by atoms with E-state index in [0.717, 1.165) is 17.0 Å². The van der Waals surface area contributed by atoms with Gasteiger partial charge in [-0.15, -0.1) is 0 Å². The number of hydrogen-bond donors (Lipinski definition) is 2. The van der Waals surface area contributed by atoms with Crippen LogP contribution in [0.15, 0.2) is 18.2 Å². The zero-order valence-corrected chi connectivity index (χ0v) is 6.72. The van der Waals surface area contributed by atoms with Crippen LogP contribution >= 0.6 is 0 Å². The summed E-state index contributed by atoms with van der Waals surface area (Å²) < 4.78 is 5.04. The number of nitrogens with one attached hydrogen (secondary N) is 1. The summed E-state index contributed by atoms with van der Waals surface area (Å²) >= 11 is 0. The normalized spacial score (nSPS) is 9.36. The summed E-state index contributed by atoms with van der Waals surface area (Å²) in [6.45, 7) is 1.99. The number of hydrogen-bond acceptors (Lipinski definition) is 3. The smallest absolute Gasteiger partial charge is 0.121 e. The van der Waals surface area contributed by atoms with Crippen molar-refractivity contribution in [2.45, 2.75) is 6.92 Å². The van der Waals surface area contributed by atoms with E-state index in [9.17, 15) is 0 Å². The standard InChI is InChI=1S/C8H12N2O/c1-6-3-7(10-9)5-8(4-6)11-2/h3-5,10H,9H2,1-2H3. The Labute approximate surface area is 66.1 Å². The van der Waals surface area contributed by atoms with Crippen LogP contribution in [0.3, 0.4) is 0 Å². The van der Waals surface area contributed by atoms with Gasteiger partial charge in [0, 0.05) is 6.07 Å². The van der Waals surface area contributed by atoms with E-state index in [2.05, 4.69) is 5.43 Å². The minimum atomic E-state index is 0.818. The summed E-state index contributed by atoms with van der Waals surface area (Å²) in [6.07, 6.45) is 0. The van der Waals surface area contributed by atoms with Crippen LogP contribution in [0.5, 0.6) is 5.75 Å². The molecule has 60 valence electrons. The number of ether oxygens (including phenoxy) is 1. The monoisotopic (exact) mass is 152 g/mol. The summed E-state index contributed by atoms with van der Waals surface area (Å²) in [5.74, 6) is 6.05. The van der Waals surface area contributed by atoms with Crippen molar-refractivity contribution in [1.29, 1.82) is 0 Å². The van der Waals surface area contributed by atoms with E-state index in [1.54, 1.807) is 7.11 Å². The molecule has 0 aliphatic heterocycles. The zero-order valence-electron chi connectivity index (χ0n) is 6.72. The summed E-state index contributed by atoms with van der Waals surface area (Å²) in [6, 6.07) is 5.73. The maximum absolute atomic E-state index is 5.24. The van der Waals surface area contributed by atoms with Crippen molar-refractivity contribution in [3.05, 3.63) is 23.8 Å². The van der Waals surface area contributed by atoms with Gasteiger partial charge in [0.2, 0.25) is 0 Å². The molecule has 3 heteroatoms. The Morgan fingerprint density at radius 3 is 2.64 bits per heavy atom. The van der Waals surface area contributed by atoms with E-state index in [4.69, 9.17) is 10.6 Å². The molecule has 1 aromatic carbocycles. The minimum Gasteiger partial charge on any atom is -0.497 e. The lowest BCUT2D eigenvalue weighted by molar-refractivity contribution is 0.414. The molecular weight excluding hydrogens is 140 g/mol. The van der Waals surface area contributed by atoms with Gasteiger partial charge in [-0.2, -0.15) is 0 Å². The molecule has 0 radical (unpaired) electrons. The second-order valence-electron chi connectivity index (χ2n) is 2.38. The van der Waals surface area contributed by atoms with Crippen molar-refractivity contribution in [2.75, 3.05) is 12.5 Å². The van der Waals surface area contributed by atoms with Crippen molar-refractivity contribution in [1.82, 2.24) is 0 Å². The van der Waals surface area contributed by atoms with E-state index >= 15 is 0 Å². The van der Waals surface area contributed by atoms with Gasteiger partial charge in [-0.3, -0.25) is 5.84 Å². The van der Waals surface area contributed by atoms with Crippen LogP contribution in [0.25, 0.3) is 0 Å². The number of nitrogens with two attached hydrogens (primary N) is 1. The van der Waals surface area contributed by atoms with Crippen LogP contribution in [-0.2, 0) is 0 Å². The molecule has 0 aliphatic carbocycles. The maximum Gasteiger partial charge on any atom is 0.121 e. The van der Waals surface area contributed by atoms with Gasteiger partial charge in [-0.05, 0) is 24.6 Å². The first kappa shape index (κ1) is 7.88. The van der Waals surface area contributed by atoms with Crippen molar-refractivity contribution in [2.24, 2.45) is 5.84 Å². The number of aryl methyl sites for hydroxylation is 1. The highest BCUT2D eigenvalue weighted by Gasteiger charge is 1.95. The summed E-state index contributed by atoms with van der Waals surface area (Å²) in [5, 5.41) is 0. The van der Waals surface area contributed by atoms with E-state index < -0.39 is 0 Å². The summed E-state index contributed by atoms with van der Waals surface area (Å²) in [5.41, 5.74) is 4.55. The van der Waals surface area contributed by atoms with E-state index in [-0.39, 0.29) is 0 Å². The van der Waals surface area contributed by atoms with Crippen molar-refractivity contribution < 1.29 is 4.74 Å². The molecule has 0 fully saturated rings. The summed E-state index contributed by atoms with van der Waals surface area (Å²) in [4.78, 5) is 0. The summed E-state index contributed by atoms with van der Waals surface area (Å²) in [7, 11) is 1.63. The van der Waals surface area contributed by atoms with Crippen LogP contribution in [0, 0.1) is 6.92 Å². The molecule has 0 aliphatic rings. The zero-order chi connectivity index (χ0) is 8.27. The van der Waals surface area contributed by atoms with Crippen molar-refractivity contribution in [3.63, 3.8) is 0 Å². The minimum absolute atomic E-state index is 0.818. The Balaban J connectivity index is 3.02. The van der Waals surface area contributed by atoms with Gasteiger partial charge in [-0.1, -0.05) is 0 Å². The second kappa shape index (κ2) is 3.25. The van der Waals surface area contributed by atoms with Crippen LogP contribution in [-0.4, -0.2) is 7.11 Å². The largest absolute Gasteiger partial charge is 0.497 e. The van der Waals surface area contributed by atoms with Crippen LogP contribution in [0.1, 0.15) is 5.56 Å². The van der Waals surface area contributed by atoms with Gasteiger partial charge in [0.25, 0.3) is 0 Å². The average molecular weight is 152 g/mol. The molecule has 0 atom stereocenters. The van der Waals surface area contributed by atoms with Crippen molar-refractivity contribution in [3.8, 4) is 5.75 Å². The lowest BCUT2D eigenvalue weighted by Crippen LogP contribution is -2.06. The molecule has 3 nitrogen and oxygen atoms in total. The SMILES string of the molecule is COc1cc(C)cc(NN)c1. The number of hydrazine groups is 1. The fraction of sp³-hybridized carbons (Fsp3) is 0.250. The quantitative estimate of drug-likeness (QED) is 0.496. The Kier molecular flexibility index (Phi) is 2.33. The maximum atomic E-state index is 5.24. The molecule has 3 N–H and O–H groups in total. The third-order valence-electron chi connectivity index (χ3n) is 1.45. The Morgan fingerprint density at radius 2 is 2.09 bits per heavy atom. The second-order valence-corrected chi connectivity index (χ2v) is 2.38. The lowest BCUT2D eigenvalue weighted by atomic mass is 10.2. The molecule has 1 aromatic rings. The molecule has 0 bridgehead atoms. The van der Waals surface area contributed by atoms with Crippen molar-refractivity contribution >= 4 is 5.69 Å². The molecule has 0 aromatic heterocycles. The Morgan fingerprint density at radius 1 is 1.36 bits per heavy atom. The predicted octanol–water partition coefficient (Wildman–Crippen LogP) is 1.29. The number of benzene rings is 1. The first-order valence-corrected chi connectivity index (χ1v) is 3.38. The average Bonchev–Trinajstić information content (AvgIpc) is 2.03. The lowest BCUT2D eigenvalue weighted by Gasteiger charge is -2.04. The molecule has 1 rings (SSSR count). The van der Waals surface area contributed by atoms with Gasteiger partial charge in [0.05, 0.1) is 12.8 Å². The Bertz CT molecular complexity index is 226.